The van der Waals surface area contributed by atoms with Crippen molar-refractivity contribution in [3.63, 3.8) is 0 Å². The summed E-state index contributed by atoms with van der Waals surface area (Å²) < 4.78 is 0. The number of amides is 1. The molecule has 0 radical (unpaired) electrons. The van der Waals surface area contributed by atoms with Crippen LogP contribution in [0.25, 0.3) is 0 Å². The summed E-state index contributed by atoms with van der Waals surface area (Å²) in [5.74, 6) is 0.766. The van der Waals surface area contributed by atoms with Crippen LogP contribution in [0.3, 0.4) is 0 Å². The number of rotatable bonds is 2. The Morgan fingerprint density at radius 2 is 2.33 bits per heavy atom. The average Bonchev–Trinajstić information content (AvgIpc) is 2.70. The lowest BCUT2D eigenvalue weighted by atomic mass is 9.99. The van der Waals surface area contributed by atoms with Crippen LogP contribution in [-0.2, 0) is 4.79 Å². The van der Waals surface area contributed by atoms with Crippen molar-refractivity contribution in [3.8, 4) is 0 Å². The summed E-state index contributed by atoms with van der Waals surface area (Å²) in [5.41, 5.74) is 5.78. The van der Waals surface area contributed by atoms with E-state index in [1.165, 1.54) is 19.3 Å². The number of piperazine rings is 1. The molecule has 0 bridgehead atoms. The SMILES string of the molecule is CC1C(=O)NCCN1C1CCCC1CN. The average molecular weight is 211 g/mol. The summed E-state index contributed by atoms with van der Waals surface area (Å²) in [6.07, 6.45) is 3.70. The Morgan fingerprint density at radius 1 is 1.53 bits per heavy atom. The van der Waals surface area contributed by atoms with Gasteiger partial charge in [-0.25, -0.2) is 0 Å². The zero-order chi connectivity index (χ0) is 10.8. The van der Waals surface area contributed by atoms with Gasteiger partial charge in [0.1, 0.15) is 0 Å². The monoisotopic (exact) mass is 211 g/mol. The fourth-order valence-corrected chi connectivity index (χ4v) is 2.98. The molecule has 1 aliphatic carbocycles. The summed E-state index contributed by atoms with van der Waals surface area (Å²) >= 11 is 0. The smallest absolute Gasteiger partial charge is 0.237 e. The van der Waals surface area contributed by atoms with Crippen molar-refractivity contribution in [2.45, 2.75) is 38.3 Å². The molecule has 3 unspecified atom stereocenters. The van der Waals surface area contributed by atoms with E-state index < -0.39 is 0 Å². The Morgan fingerprint density at radius 3 is 3.07 bits per heavy atom. The van der Waals surface area contributed by atoms with Crippen molar-refractivity contribution in [3.05, 3.63) is 0 Å². The Bertz CT molecular complexity index is 244. The fourth-order valence-electron chi connectivity index (χ4n) is 2.98. The van der Waals surface area contributed by atoms with E-state index in [-0.39, 0.29) is 11.9 Å². The highest BCUT2D eigenvalue weighted by Crippen LogP contribution is 2.30. The van der Waals surface area contributed by atoms with E-state index in [1.807, 2.05) is 6.92 Å². The predicted molar refractivity (Wildman–Crippen MR) is 59.4 cm³/mol. The van der Waals surface area contributed by atoms with Gasteiger partial charge in [0.05, 0.1) is 6.04 Å². The Labute approximate surface area is 91.2 Å². The van der Waals surface area contributed by atoms with Crippen LogP contribution in [0.2, 0.25) is 0 Å². The van der Waals surface area contributed by atoms with E-state index >= 15 is 0 Å². The first-order valence-corrected chi connectivity index (χ1v) is 5.97. The van der Waals surface area contributed by atoms with Crippen molar-refractivity contribution < 1.29 is 4.79 Å². The molecule has 2 rings (SSSR count). The van der Waals surface area contributed by atoms with Crippen LogP contribution >= 0.6 is 0 Å². The summed E-state index contributed by atoms with van der Waals surface area (Å²) in [6, 6.07) is 0.562. The largest absolute Gasteiger partial charge is 0.353 e. The minimum Gasteiger partial charge on any atom is -0.353 e. The van der Waals surface area contributed by atoms with Crippen LogP contribution in [0.15, 0.2) is 0 Å². The highest BCUT2D eigenvalue weighted by Gasteiger charge is 2.37. The van der Waals surface area contributed by atoms with Gasteiger partial charge in [-0.1, -0.05) is 6.42 Å². The minimum atomic E-state index is 0.0240. The molecule has 1 amide bonds. The second-order valence-electron chi connectivity index (χ2n) is 4.70. The highest BCUT2D eigenvalue weighted by molar-refractivity contribution is 5.82. The molecule has 3 atom stereocenters. The molecule has 2 fully saturated rings. The van der Waals surface area contributed by atoms with Crippen LogP contribution in [0.5, 0.6) is 0 Å². The number of hydrogen-bond donors (Lipinski definition) is 2. The van der Waals surface area contributed by atoms with Crippen molar-refractivity contribution in [1.29, 1.82) is 0 Å². The van der Waals surface area contributed by atoms with Gasteiger partial charge in [-0.15, -0.1) is 0 Å². The zero-order valence-corrected chi connectivity index (χ0v) is 9.41. The lowest BCUT2D eigenvalue weighted by Crippen LogP contribution is -2.58. The zero-order valence-electron chi connectivity index (χ0n) is 9.41. The maximum Gasteiger partial charge on any atom is 0.237 e. The quantitative estimate of drug-likeness (QED) is 0.672. The Hall–Kier alpha value is -0.610. The third-order valence-corrected chi connectivity index (χ3v) is 3.89. The van der Waals surface area contributed by atoms with E-state index in [1.54, 1.807) is 0 Å². The van der Waals surface area contributed by atoms with Gasteiger partial charge in [0, 0.05) is 19.1 Å². The molecule has 3 N–H and O–H groups in total. The summed E-state index contributed by atoms with van der Waals surface area (Å²) in [7, 11) is 0. The Balaban J connectivity index is 2.05. The number of nitrogens with zero attached hydrogens (tertiary/aromatic N) is 1. The molecular weight excluding hydrogens is 190 g/mol. The van der Waals surface area contributed by atoms with Gasteiger partial charge in [-0.2, -0.15) is 0 Å². The second kappa shape index (κ2) is 4.49. The topological polar surface area (TPSA) is 58.4 Å². The van der Waals surface area contributed by atoms with E-state index in [4.69, 9.17) is 5.73 Å². The van der Waals surface area contributed by atoms with Crippen LogP contribution < -0.4 is 11.1 Å². The van der Waals surface area contributed by atoms with Gasteiger partial charge in [0.2, 0.25) is 5.91 Å². The van der Waals surface area contributed by atoms with Gasteiger partial charge in [-0.3, -0.25) is 9.69 Å². The van der Waals surface area contributed by atoms with Gasteiger partial charge in [0.15, 0.2) is 0 Å². The maximum absolute atomic E-state index is 11.6. The van der Waals surface area contributed by atoms with Gasteiger partial charge in [-0.05, 0) is 32.2 Å². The molecule has 1 saturated carbocycles. The van der Waals surface area contributed by atoms with Crippen molar-refractivity contribution in [1.82, 2.24) is 10.2 Å². The summed E-state index contributed by atoms with van der Waals surface area (Å²) in [5, 5.41) is 2.91. The first-order valence-electron chi connectivity index (χ1n) is 5.97. The number of nitrogens with one attached hydrogen (secondary N) is 1. The predicted octanol–water partition coefficient (Wildman–Crippen LogP) is -0.0659. The Kier molecular flexibility index (Phi) is 3.26. The fraction of sp³-hybridized carbons (Fsp3) is 0.909. The van der Waals surface area contributed by atoms with Crippen molar-refractivity contribution >= 4 is 5.91 Å². The van der Waals surface area contributed by atoms with Crippen LogP contribution in [-0.4, -0.2) is 42.5 Å². The van der Waals surface area contributed by atoms with Gasteiger partial charge in [0.25, 0.3) is 0 Å². The molecule has 86 valence electrons. The molecule has 2 aliphatic rings. The molecule has 0 aromatic carbocycles. The van der Waals surface area contributed by atoms with E-state index in [2.05, 4.69) is 10.2 Å². The third-order valence-electron chi connectivity index (χ3n) is 3.89. The molecule has 1 saturated heterocycles. The van der Waals surface area contributed by atoms with Crippen molar-refractivity contribution in [2.75, 3.05) is 19.6 Å². The molecule has 1 aliphatic heterocycles. The lowest BCUT2D eigenvalue weighted by molar-refractivity contribution is -0.129. The maximum atomic E-state index is 11.6. The number of carbonyl (C=O) groups is 1. The van der Waals surface area contributed by atoms with Crippen LogP contribution in [0.1, 0.15) is 26.2 Å². The normalized spacial score (nSPS) is 38.0. The highest BCUT2D eigenvalue weighted by atomic mass is 16.2. The number of carbonyl (C=O) groups excluding carboxylic acids is 1. The molecule has 4 nitrogen and oxygen atoms in total. The van der Waals surface area contributed by atoms with Gasteiger partial charge >= 0.3 is 0 Å². The first-order chi connectivity index (χ1) is 7.24. The molecule has 0 aromatic rings. The van der Waals surface area contributed by atoms with Crippen LogP contribution in [0.4, 0.5) is 0 Å². The third kappa shape index (κ3) is 2.01. The molecule has 1 heterocycles. The first kappa shape index (κ1) is 10.9. The molecule has 0 aromatic heterocycles. The second-order valence-corrected chi connectivity index (χ2v) is 4.70. The molecule has 15 heavy (non-hydrogen) atoms. The number of nitrogens with two attached hydrogens (primary N) is 1. The molecule has 4 heteroatoms. The minimum absolute atomic E-state index is 0.0240. The summed E-state index contributed by atoms with van der Waals surface area (Å²) in [6.45, 7) is 4.53. The van der Waals surface area contributed by atoms with E-state index in [9.17, 15) is 4.79 Å². The molecular formula is C11H21N3O. The standard InChI is InChI=1S/C11H21N3O/c1-8-11(15)13-5-6-14(8)10-4-2-3-9(10)7-12/h8-10H,2-7,12H2,1H3,(H,13,15). The number of hydrogen-bond acceptors (Lipinski definition) is 3. The van der Waals surface area contributed by atoms with Gasteiger partial charge < -0.3 is 11.1 Å². The molecule has 0 spiro atoms. The lowest BCUT2D eigenvalue weighted by Gasteiger charge is -2.39. The summed E-state index contributed by atoms with van der Waals surface area (Å²) in [4.78, 5) is 13.9. The van der Waals surface area contributed by atoms with E-state index in [0.717, 1.165) is 19.6 Å². The van der Waals surface area contributed by atoms with Crippen molar-refractivity contribution in [2.24, 2.45) is 11.7 Å². The van der Waals surface area contributed by atoms with E-state index in [0.29, 0.717) is 12.0 Å². The van der Waals surface area contributed by atoms with Crippen LogP contribution in [0, 0.1) is 5.92 Å².